The Bertz CT molecular complexity index is 8520. The van der Waals surface area contributed by atoms with Gasteiger partial charge < -0.3 is 50.2 Å². The SMILES string of the molecule is O=C(O)CNc1cccc(-c2nn3c(=O)cc(N4CCCCC4)nc3s2)c1.O=C(O)c1cc(-c2cccc(-c3nn4c(=O)cc(N5CCCCC5)nc4s3)c2)cs1.O=C(O)c1ccc(-c2cccc(-c3nn4c(=O)cc(N5CCCCC5)nc4s3)c2)cc1.O=C(O)c1cccc(-c2cccc(-c3nn4c(=O)cc(N5CCCCC5)nc4s3)c2)c1.O=c1cc(N2CCCCC2)nc2sc(-c3cccc(-c4ccnc(F)c4)c3)nn12. The van der Waals surface area contributed by atoms with Crippen LogP contribution in [0.25, 0.3) is 122 Å². The summed E-state index contributed by atoms with van der Waals surface area (Å²) in [6.07, 6.45) is 18.7. The van der Waals surface area contributed by atoms with Gasteiger partial charge in [-0.25, -0.2) is 44.3 Å². The number of piperidine rings is 5. The maximum atomic E-state index is 13.5. The van der Waals surface area contributed by atoms with Crippen molar-refractivity contribution in [2.45, 2.75) is 96.3 Å². The van der Waals surface area contributed by atoms with Crippen LogP contribution in [0.15, 0.2) is 254 Å². The second-order valence-electron chi connectivity index (χ2n) is 35.8. The van der Waals surface area contributed by atoms with E-state index in [1.54, 1.807) is 91.0 Å². The molecule has 35 nitrogen and oxygen atoms in total. The van der Waals surface area contributed by atoms with Gasteiger partial charge in [0.1, 0.15) is 65.5 Å². The van der Waals surface area contributed by atoms with Gasteiger partial charge in [-0.2, -0.15) is 52.5 Å². The van der Waals surface area contributed by atoms with E-state index in [1.807, 2.05) is 127 Å². The zero-order valence-corrected chi connectivity index (χ0v) is 84.4. The summed E-state index contributed by atoms with van der Waals surface area (Å²) in [6.45, 7) is 9.09. The summed E-state index contributed by atoms with van der Waals surface area (Å²) >= 11 is 8.07. The molecule has 5 fully saturated rings. The summed E-state index contributed by atoms with van der Waals surface area (Å²) in [7, 11) is 0. The van der Waals surface area contributed by atoms with Gasteiger partial charge in [-0.05, 0) is 219 Å². The maximum absolute atomic E-state index is 13.5. The van der Waals surface area contributed by atoms with Gasteiger partial charge in [0.25, 0.3) is 27.8 Å². The largest absolute Gasteiger partial charge is 0.480 e. The molecule has 0 aliphatic carbocycles. The van der Waals surface area contributed by atoms with Crippen molar-refractivity contribution in [1.29, 1.82) is 0 Å². The molecule has 12 aromatic heterocycles. The van der Waals surface area contributed by atoms with Gasteiger partial charge in [-0.1, -0.05) is 166 Å². The number of benzene rings is 7. The number of halogens is 1. The summed E-state index contributed by atoms with van der Waals surface area (Å²) in [5.41, 5.74) is 11.4. The van der Waals surface area contributed by atoms with Crippen LogP contribution in [-0.2, 0) is 4.79 Å². The highest BCUT2D eigenvalue weighted by Crippen LogP contribution is 2.38. The average Bonchev–Trinajstić information content (AvgIpc) is 1.65. The molecule has 0 saturated carbocycles. The molecule has 148 heavy (non-hydrogen) atoms. The van der Waals surface area contributed by atoms with Crippen molar-refractivity contribution >= 4 is 151 Å². The molecule has 750 valence electrons. The third-order valence-corrected chi connectivity index (χ3v) is 31.4. The van der Waals surface area contributed by atoms with E-state index in [-0.39, 0.29) is 45.5 Å². The third-order valence-electron chi connectivity index (χ3n) is 25.7. The number of aliphatic carboxylic acids is 1. The number of carboxylic acids is 4. The van der Waals surface area contributed by atoms with E-state index in [2.05, 4.69) is 70.3 Å². The van der Waals surface area contributed by atoms with Crippen molar-refractivity contribution in [1.82, 2.24) is 78.0 Å². The van der Waals surface area contributed by atoms with E-state index in [0.29, 0.717) is 66.2 Å². The van der Waals surface area contributed by atoms with Gasteiger partial charge in [0.2, 0.25) is 30.8 Å². The number of hydrogen-bond donors (Lipinski definition) is 5. The maximum Gasteiger partial charge on any atom is 0.345 e. The fourth-order valence-electron chi connectivity index (χ4n) is 18.1. The van der Waals surface area contributed by atoms with Crippen LogP contribution in [0.1, 0.15) is 127 Å². The third kappa shape index (κ3) is 23.0. The van der Waals surface area contributed by atoms with E-state index in [1.165, 1.54) is 135 Å². The normalized spacial score (nSPS) is 14.3. The second-order valence-corrected chi connectivity index (χ2v) is 41.5. The smallest absolute Gasteiger partial charge is 0.345 e. The molecule has 42 heteroatoms. The predicted octanol–water partition coefficient (Wildman–Crippen LogP) is 18.9. The molecule has 19 aromatic rings. The number of carboxylic acid groups (broad SMARTS) is 4. The minimum absolute atomic E-state index is 0.163. The first kappa shape index (κ1) is 99.2. The molecule has 5 N–H and O–H groups in total. The van der Waals surface area contributed by atoms with Crippen molar-refractivity contribution < 1.29 is 44.0 Å². The second kappa shape index (κ2) is 44.8. The highest BCUT2D eigenvalue weighted by Gasteiger charge is 2.26. The standard InChI is InChI=1S/2C23H20N4O3S.C21H18FN5OS.C21H18N4O3S2.C18H19N5O3S/c28-20-14-19(26-10-2-1-3-11-26)24-23-27(20)25-21(31-23)17-8-4-6-15(12-17)16-7-5-9-18(13-16)22(29)30;28-20-14-19(26-11-2-1-3-12-26)24-23-27(20)25-21(31-23)18-6-4-5-17(13-18)15-7-9-16(10-8-15)22(29)30;22-17-12-15(7-8-23-17)14-5-4-6-16(11-14)20-25-27-19(28)13-18(24-21(27)29-20)26-9-2-1-3-10-26;26-18-11-17(24-7-2-1-3-8-24)22-21-25(18)23-19(30-21)14-6-4-5-13(9-14)15-10-16(20(27)28)29-12-15;24-15-10-14(22-7-2-1-3-8-22)20-18-23(15)21-17(27-18)12-5-4-6-13(9-12)19-11-16(25)26/h4-9,12-14H,1-3,10-11H2,(H,29,30);4-10,13-14H,1-3,11-12H2,(H,29,30);4-8,11-13H,1-3,9-10H2;4-6,9-12H,1-3,7-8H2,(H,27,28);4-6,9-10,19H,1-3,7-8,11H2,(H,25,26). The minimum Gasteiger partial charge on any atom is -0.480 e. The van der Waals surface area contributed by atoms with Crippen LogP contribution >= 0.6 is 68.0 Å². The fraction of sp³-hybridized carbons (Fsp3) is 0.245. The Kier molecular flexibility index (Phi) is 30.0. The molecule has 0 atom stereocenters. The Labute approximate surface area is 866 Å². The summed E-state index contributed by atoms with van der Waals surface area (Å²) in [4.78, 5) is 148. The van der Waals surface area contributed by atoms with Crippen molar-refractivity contribution in [2.75, 3.05) is 102 Å². The van der Waals surface area contributed by atoms with Gasteiger partial charge in [0.05, 0.1) is 11.1 Å². The van der Waals surface area contributed by atoms with Crippen molar-refractivity contribution in [3.05, 3.63) is 304 Å². The molecule has 17 heterocycles. The highest BCUT2D eigenvalue weighted by atomic mass is 32.1. The lowest BCUT2D eigenvalue weighted by atomic mass is 10.0. The van der Waals surface area contributed by atoms with Crippen LogP contribution < -0.4 is 57.6 Å². The summed E-state index contributed by atoms with van der Waals surface area (Å²) in [5, 5.41) is 66.8. The van der Waals surface area contributed by atoms with Crippen LogP contribution in [0.4, 0.5) is 39.2 Å². The van der Waals surface area contributed by atoms with E-state index in [9.17, 15) is 52.6 Å². The Hall–Kier alpha value is -16.2. The predicted molar refractivity (Wildman–Crippen MR) is 578 cm³/mol. The monoisotopic (exact) mass is 2090 g/mol. The number of pyridine rings is 1. The van der Waals surface area contributed by atoms with Gasteiger partial charge in [0.15, 0.2) is 0 Å². The molecule has 0 radical (unpaired) electrons. The molecule has 7 aromatic carbocycles. The van der Waals surface area contributed by atoms with E-state index in [0.717, 1.165) is 225 Å². The lowest BCUT2D eigenvalue weighted by Crippen LogP contribution is -2.31. The molecule has 5 aliphatic heterocycles. The van der Waals surface area contributed by atoms with E-state index in [4.69, 9.17) is 30.3 Å². The number of nitrogens with one attached hydrogen (secondary N) is 1. The van der Waals surface area contributed by atoms with Crippen LogP contribution in [0.5, 0.6) is 0 Å². The Morgan fingerprint density at radius 1 is 0.291 bits per heavy atom. The van der Waals surface area contributed by atoms with Crippen LogP contribution in [0, 0.1) is 5.95 Å². The van der Waals surface area contributed by atoms with Gasteiger partial charge >= 0.3 is 23.9 Å². The topological polar surface area (TPSA) is 427 Å². The van der Waals surface area contributed by atoms with E-state index >= 15 is 0 Å². The van der Waals surface area contributed by atoms with Crippen LogP contribution in [0.2, 0.25) is 0 Å². The summed E-state index contributed by atoms with van der Waals surface area (Å²) in [5.74, 6) is -0.665. The zero-order chi connectivity index (χ0) is 102. The number of aromatic carboxylic acids is 3. The summed E-state index contributed by atoms with van der Waals surface area (Å²) in [6, 6.07) is 64.5. The lowest BCUT2D eigenvalue weighted by Gasteiger charge is -2.27. The number of hydrogen-bond acceptors (Lipinski definition) is 32. The molecule has 0 spiro atoms. The Balaban J connectivity index is 0.000000112. The average molecular weight is 2100 g/mol. The first-order chi connectivity index (χ1) is 72.0. The van der Waals surface area contributed by atoms with Crippen molar-refractivity contribution in [2.24, 2.45) is 0 Å². The quantitative estimate of drug-likeness (QED) is 0.0442. The fourth-order valence-corrected chi connectivity index (χ4v) is 23.3. The lowest BCUT2D eigenvalue weighted by molar-refractivity contribution is -0.134. The number of carbonyl (C=O) groups is 4. The number of rotatable bonds is 20. The number of thiophene rings is 1. The van der Waals surface area contributed by atoms with Crippen LogP contribution in [0.3, 0.4) is 0 Å². The molecule has 24 rings (SSSR count). The Morgan fingerprint density at radius 2 is 0.581 bits per heavy atom. The molecule has 5 saturated heterocycles. The van der Waals surface area contributed by atoms with Crippen molar-refractivity contribution in [3.63, 3.8) is 0 Å². The molecule has 0 amide bonds. The zero-order valence-electron chi connectivity index (χ0n) is 79.5. The number of aromatic nitrogens is 16. The van der Waals surface area contributed by atoms with Gasteiger partial charge in [-0.3, -0.25) is 28.8 Å². The van der Waals surface area contributed by atoms with Crippen molar-refractivity contribution in [3.8, 4) is 97.4 Å². The molecule has 0 unspecified atom stereocenters. The van der Waals surface area contributed by atoms with Gasteiger partial charge in [0, 0.05) is 142 Å². The van der Waals surface area contributed by atoms with E-state index < -0.39 is 29.8 Å². The highest BCUT2D eigenvalue weighted by molar-refractivity contribution is 7.21. The molecular formula is C106H95FN22O13S6. The number of fused-ring (bicyclic) bond motifs is 5. The number of nitrogens with zero attached hydrogens (tertiary/aromatic N) is 21. The number of anilines is 6. The first-order valence-corrected chi connectivity index (χ1v) is 53.4. The van der Waals surface area contributed by atoms with Crippen LogP contribution in [-0.4, -0.2) is 194 Å². The molecule has 0 bridgehead atoms. The molecule has 5 aliphatic rings. The first-order valence-electron chi connectivity index (χ1n) is 48.4. The summed E-state index contributed by atoms with van der Waals surface area (Å²) < 4.78 is 20.2. The molecular weight excluding hydrogens is 2000 g/mol. The minimum atomic E-state index is -0.959. The Morgan fingerprint density at radius 3 is 0.892 bits per heavy atom. The van der Waals surface area contributed by atoms with Gasteiger partial charge in [-0.15, -0.1) is 11.3 Å².